The Kier molecular flexibility index (Phi) is 6.42. The standard InChI is InChI=1S/C21H27NO2/c1-5-6-9-18-11-13-19(14-12-18)22-21(23)17(4)24-20-10-7-8-15(2)16(20)3/h7-8,10-14,17H,5-6,9H2,1-4H3,(H,22,23)/t17-/m0/s1. The summed E-state index contributed by atoms with van der Waals surface area (Å²) in [7, 11) is 0. The fourth-order valence-electron chi connectivity index (χ4n) is 2.48. The lowest BCUT2D eigenvalue weighted by molar-refractivity contribution is -0.122. The molecule has 0 aliphatic carbocycles. The molecular weight excluding hydrogens is 298 g/mol. The van der Waals surface area contributed by atoms with Gasteiger partial charge in [0, 0.05) is 5.69 Å². The van der Waals surface area contributed by atoms with Crippen LogP contribution in [-0.4, -0.2) is 12.0 Å². The molecule has 1 atom stereocenters. The molecular formula is C21H27NO2. The van der Waals surface area contributed by atoms with Gasteiger partial charge in [-0.15, -0.1) is 0 Å². The molecule has 0 aromatic heterocycles. The summed E-state index contributed by atoms with van der Waals surface area (Å²) in [5.41, 5.74) is 4.33. The van der Waals surface area contributed by atoms with Crippen LogP contribution in [0.5, 0.6) is 5.75 Å². The van der Waals surface area contributed by atoms with E-state index in [4.69, 9.17) is 4.74 Å². The number of aryl methyl sites for hydroxylation is 2. The molecule has 2 aromatic rings. The van der Waals surface area contributed by atoms with Gasteiger partial charge in [0.2, 0.25) is 0 Å². The van der Waals surface area contributed by atoms with Crippen LogP contribution >= 0.6 is 0 Å². The van der Waals surface area contributed by atoms with Crippen molar-refractivity contribution in [2.45, 2.75) is 53.1 Å². The minimum absolute atomic E-state index is 0.141. The van der Waals surface area contributed by atoms with Crippen molar-refractivity contribution in [3.63, 3.8) is 0 Å². The second-order valence-corrected chi connectivity index (χ2v) is 6.25. The third kappa shape index (κ3) is 4.85. The van der Waals surface area contributed by atoms with Crippen LogP contribution in [0.4, 0.5) is 5.69 Å². The molecule has 0 fully saturated rings. The van der Waals surface area contributed by atoms with E-state index >= 15 is 0 Å². The highest BCUT2D eigenvalue weighted by Gasteiger charge is 2.16. The maximum absolute atomic E-state index is 12.3. The molecule has 0 saturated heterocycles. The van der Waals surface area contributed by atoms with Crippen molar-refractivity contribution in [3.8, 4) is 5.75 Å². The normalized spacial score (nSPS) is 11.8. The van der Waals surface area contributed by atoms with Gasteiger partial charge in [-0.1, -0.05) is 37.6 Å². The number of ether oxygens (including phenoxy) is 1. The SMILES string of the molecule is CCCCc1ccc(NC(=O)[C@H](C)Oc2cccc(C)c2C)cc1. The number of nitrogens with one attached hydrogen (secondary N) is 1. The Bertz CT molecular complexity index is 677. The van der Waals surface area contributed by atoms with E-state index < -0.39 is 6.10 Å². The molecule has 2 rings (SSSR count). The van der Waals surface area contributed by atoms with Gasteiger partial charge in [0.25, 0.3) is 5.91 Å². The van der Waals surface area contributed by atoms with Crippen molar-refractivity contribution in [2.24, 2.45) is 0 Å². The smallest absolute Gasteiger partial charge is 0.265 e. The zero-order chi connectivity index (χ0) is 17.5. The first-order chi connectivity index (χ1) is 11.5. The molecule has 0 unspecified atom stereocenters. The van der Waals surface area contributed by atoms with Crippen molar-refractivity contribution in [1.29, 1.82) is 0 Å². The number of hydrogen-bond donors (Lipinski definition) is 1. The van der Waals surface area contributed by atoms with Crippen LogP contribution in [0.15, 0.2) is 42.5 Å². The molecule has 0 spiro atoms. The number of benzene rings is 2. The zero-order valence-electron chi connectivity index (χ0n) is 15.1. The average Bonchev–Trinajstić information content (AvgIpc) is 2.58. The van der Waals surface area contributed by atoms with Gasteiger partial charge in [-0.05, 0) is 68.5 Å². The molecule has 128 valence electrons. The third-order valence-corrected chi connectivity index (χ3v) is 4.27. The van der Waals surface area contributed by atoms with Crippen LogP contribution in [0, 0.1) is 13.8 Å². The van der Waals surface area contributed by atoms with Gasteiger partial charge in [-0.3, -0.25) is 4.79 Å². The van der Waals surface area contributed by atoms with Crippen molar-refractivity contribution in [3.05, 3.63) is 59.2 Å². The van der Waals surface area contributed by atoms with Gasteiger partial charge in [0.1, 0.15) is 5.75 Å². The Labute approximate surface area is 145 Å². The van der Waals surface area contributed by atoms with E-state index in [2.05, 4.69) is 24.4 Å². The van der Waals surface area contributed by atoms with Gasteiger partial charge < -0.3 is 10.1 Å². The first kappa shape index (κ1) is 18.1. The maximum atomic E-state index is 12.3. The fraction of sp³-hybridized carbons (Fsp3) is 0.381. The van der Waals surface area contributed by atoms with E-state index in [1.165, 1.54) is 18.4 Å². The van der Waals surface area contributed by atoms with Crippen LogP contribution in [0.2, 0.25) is 0 Å². The first-order valence-corrected chi connectivity index (χ1v) is 8.64. The average molecular weight is 325 g/mol. The molecule has 3 heteroatoms. The van der Waals surface area contributed by atoms with Gasteiger partial charge in [-0.25, -0.2) is 0 Å². The minimum atomic E-state index is -0.551. The predicted molar refractivity (Wildman–Crippen MR) is 99.7 cm³/mol. The number of anilines is 1. The Hall–Kier alpha value is -2.29. The Balaban J connectivity index is 1.95. The first-order valence-electron chi connectivity index (χ1n) is 8.64. The Morgan fingerprint density at radius 3 is 2.50 bits per heavy atom. The molecule has 1 N–H and O–H groups in total. The Morgan fingerprint density at radius 2 is 1.83 bits per heavy atom. The zero-order valence-corrected chi connectivity index (χ0v) is 15.1. The highest BCUT2D eigenvalue weighted by atomic mass is 16.5. The number of hydrogen-bond acceptors (Lipinski definition) is 2. The molecule has 0 saturated carbocycles. The maximum Gasteiger partial charge on any atom is 0.265 e. The van der Waals surface area contributed by atoms with Crippen LogP contribution in [0.3, 0.4) is 0 Å². The second kappa shape index (κ2) is 8.53. The van der Waals surface area contributed by atoms with Crippen molar-refractivity contribution in [1.82, 2.24) is 0 Å². The largest absolute Gasteiger partial charge is 0.481 e. The van der Waals surface area contributed by atoms with Crippen LogP contribution in [-0.2, 0) is 11.2 Å². The molecule has 2 aromatic carbocycles. The summed E-state index contributed by atoms with van der Waals surface area (Å²) in [5.74, 6) is 0.616. The van der Waals surface area contributed by atoms with Crippen LogP contribution in [0.1, 0.15) is 43.4 Å². The summed E-state index contributed by atoms with van der Waals surface area (Å²) in [6.45, 7) is 8.00. The van der Waals surface area contributed by atoms with E-state index in [0.717, 1.165) is 29.0 Å². The number of carbonyl (C=O) groups excluding carboxylic acids is 1. The van der Waals surface area contributed by atoms with Gasteiger partial charge in [0.05, 0.1) is 0 Å². The van der Waals surface area contributed by atoms with Crippen molar-refractivity contribution < 1.29 is 9.53 Å². The quantitative estimate of drug-likeness (QED) is 0.773. The van der Waals surface area contributed by atoms with Crippen molar-refractivity contribution >= 4 is 11.6 Å². The third-order valence-electron chi connectivity index (χ3n) is 4.27. The van der Waals surface area contributed by atoms with E-state index in [9.17, 15) is 4.79 Å². The molecule has 0 aliphatic heterocycles. The van der Waals surface area contributed by atoms with Gasteiger partial charge in [0.15, 0.2) is 6.10 Å². The monoisotopic (exact) mass is 325 g/mol. The fourth-order valence-corrected chi connectivity index (χ4v) is 2.48. The number of amides is 1. The lowest BCUT2D eigenvalue weighted by Gasteiger charge is -2.17. The van der Waals surface area contributed by atoms with Crippen molar-refractivity contribution in [2.75, 3.05) is 5.32 Å². The Morgan fingerprint density at radius 1 is 1.12 bits per heavy atom. The lowest BCUT2D eigenvalue weighted by Crippen LogP contribution is -2.30. The van der Waals surface area contributed by atoms with E-state index in [1.54, 1.807) is 6.92 Å². The minimum Gasteiger partial charge on any atom is -0.481 e. The predicted octanol–water partition coefficient (Wildman–Crippen LogP) is 5.05. The van der Waals surface area contributed by atoms with Crippen LogP contribution < -0.4 is 10.1 Å². The molecule has 24 heavy (non-hydrogen) atoms. The number of carbonyl (C=O) groups is 1. The molecule has 0 heterocycles. The molecule has 0 aliphatic rings. The van der Waals surface area contributed by atoms with Gasteiger partial charge in [-0.2, -0.15) is 0 Å². The summed E-state index contributed by atoms with van der Waals surface area (Å²) in [6, 6.07) is 13.9. The van der Waals surface area contributed by atoms with Gasteiger partial charge >= 0.3 is 0 Å². The summed E-state index contributed by atoms with van der Waals surface area (Å²) in [4.78, 5) is 12.3. The lowest BCUT2D eigenvalue weighted by atomic mass is 10.1. The van der Waals surface area contributed by atoms with E-state index in [-0.39, 0.29) is 5.91 Å². The highest BCUT2D eigenvalue weighted by Crippen LogP contribution is 2.22. The molecule has 3 nitrogen and oxygen atoms in total. The summed E-state index contributed by atoms with van der Waals surface area (Å²) < 4.78 is 5.82. The van der Waals surface area contributed by atoms with E-state index in [1.807, 2.05) is 44.2 Å². The number of unbranched alkanes of at least 4 members (excludes halogenated alkanes) is 1. The molecule has 1 amide bonds. The summed E-state index contributed by atoms with van der Waals surface area (Å²) in [5, 5.41) is 2.92. The van der Waals surface area contributed by atoms with E-state index in [0.29, 0.717) is 0 Å². The summed E-state index contributed by atoms with van der Waals surface area (Å²) in [6.07, 6.45) is 2.90. The molecule has 0 bridgehead atoms. The highest BCUT2D eigenvalue weighted by molar-refractivity contribution is 5.94. The van der Waals surface area contributed by atoms with Crippen LogP contribution in [0.25, 0.3) is 0 Å². The summed E-state index contributed by atoms with van der Waals surface area (Å²) >= 11 is 0. The molecule has 0 radical (unpaired) electrons. The number of rotatable bonds is 7. The second-order valence-electron chi connectivity index (χ2n) is 6.25. The topological polar surface area (TPSA) is 38.3 Å².